The van der Waals surface area contributed by atoms with Gasteiger partial charge < -0.3 is 9.53 Å². The van der Waals surface area contributed by atoms with Gasteiger partial charge in [-0.15, -0.1) is 0 Å². The first-order valence-corrected chi connectivity index (χ1v) is 4.91. The highest BCUT2D eigenvalue weighted by Crippen LogP contribution is 2.17. The maximum atomic E-state index is 11.3. The van der Waals surface area contributed by atoms with E-state index in [1.165, 1.54) is 0 Å². The van der Waals surface area contributed by atoms with Gasteiger partial charge in [-0.25, -0.2) is 0 Å². The summed E-state index contributed by atoms with van der Waals surface area (Å²) >= 11 is 5.71. The fourth-order valence-electron chi connectivity index (χ4n) is 1.01. The molecule has 0 heterocycles. The lowest BCUT2D eigenvalue weighted by atomic mass is 10.1. The number of benzene rings is 1. The van der Waals surface area contributed by atoms with Gasteiger partial charge in [0.05, 0.1) is 6.42 Å². The molecule has 15 heavy (non-hydrogen) atoms. The molecular weight excluding hydrogens is 216 g/mol. The zero-order valence-corrected chi connectivity index (χ0v) is 9.03. The second kappa shape index (κ2) is 5.51. The molecule has 1 unspecified atom stereocenters. The Hall–Kier alpha value is -1.35. The Morgan fingerprint density at radius 1 is 1.60 bits per heavy atom. The largest absolute Gasteiger partial charge is 0.426 e. The highest BCUT2D eigenvalue weighted by atomic mass is 35.5. The van der Waals surface area contributed by atoms with Crippen molar-refractivity contribution in [3.8, 4) is 5.75 Å². The molecular formula is C11H11ClO3. The van der Waals surface area contributed by atoms with Crippen molar-refractivity contribution in [2.75, 3.05) is 0 Å². The molecule has 0 aliphatic heterocycles. The van der Waals surface area contributed by atoms with Crippen molar-refractivity contribution >= 4 is 23.9 Å². The van der Waals surface area contributed by atoms with Crippen LogP contribution in [0.5, 0.6) is 5.75 Å². The van der Waals surface area contributed by atoms with E-state index in [0.29, 0.717) is 10.8 Å². The zero-order valence-electron chi connectivity index (χ0n) is 8.27. The molecule has 4 heteroatoms. The Bertz CT molecular complexity index is 363. The maximum absolute atomic E-state index is 11.3. The monoisotopic (exact) mass is 226 g/mol. The summed E-state index contributed by atoms with van der Waals surface area (Å²) in [5.41, 5.74) is 0. The van der Waals surface area contributed by atoms with Crippen LogP contribution in [-0.4, -0.2) is 12.3 Å². The molecule has 0 N–H and O–H groups in total. The van der Waals surface area contributed by atoms with Crippen molar-refractivity contribution in [3.63, 3.8) is 0 Å². The molecule has 0 saturated heterocycles. The van der Waals surface area contributed by atoms with E-state index in [9.17, 15) is 9.59 Å². The Morgan fingerprint density at radius 3 is 2.93 bits per heavy atom. The number of halogens is 1. The molecule has 0 amide bonds. The van der Waals surface area contributed by atoms with Crippen molar-refractivity contribution in [1.29, 1.82) is 0 Å². The number of carbonyl (C=O) groups excluding carboxylic acids is 2. The minimum atomic E-state index is -0.433. The average molecular weight is 227 g/mol. The second-order valence-corrected chi connectivity index (χ2v) is 3.69. The van der Waals surface area contributed by atoms with Gasteiger partial charge in [-0.2, -0.15) is 0 Å². The molecule has 1 aromatic carbocycles. The van der Waals surface area contributed by atoms with Gasteiger partial charge in [-0.3, -0.25) is 4.79 Å². The van der Waals surface area contributed by atoms with Crippen LogP contribution in [0, 0.1) is 5.92 Å². The maximum Gasteiger partial charge on any atom is 0.311 e. The lowest BCUT2D eigenvalue weighted by molar-refractivity contribution is -0.136. The first-order chi connectivity index (χ1) is 7.11. The third kappa shape index (κ3) is 4.13. The third-order valence-electron chi connectivity index (χ3n) is 1.75. The highest BCUT2D eigenvalue weighted by molar-refractivity contribution is 6.30. The van der Waals surface area contributed by atoms with E-state index in [1.807, 2.05) is 0 Å². The van der Waals surface area contributed by atoms with Crippen LogP contribution in [0.4, 0.5) is 0 Å². The lowest BCUT2D eigenvalue weighted by Gasteiger charge is -2.05. The zero-order chi connectivity index (χ0) is 11.3. The SMILES string of the molecule is CC(C=O)CC(=O)Oc1cccc(Cl)c1. The van der Waals surface area contributed by atoms with Gasteiger partial charge in [-0.05, 0) is 18.2 Å². The van der Waals surface area contributed by atoms with Crippen molar-refractivity contribution in [1.82, 2.24) is 0 Å². The normalized spacial score (nSPS) is 11.9. The topological polar surface area (TPSA) is 43.4 Å². The van der Waals surface area contributed by atoms with Crippen LogP contribution in [0.25, 0.3) is 0 Å². The van der Waals surface area contributed by atoms with Gasteiger partial charge in [0.15, 0.2) is 0 Å². The van der Waals surface area contributed by atoms with Crippen LogP contribution in [0.1, 0.15) is 13.3 Å². The second-order valence-electron chi connectivity index (χ2n) is 3.25. The van der Waals surface area contributed by atoms with E-state index >= 15 is 0 Å². The van der Waals surface area contributed by atoms with Gasteiger partial charge in [0, 0.05) is 10.9 Å². The van der Waals surface area contributed by atoms with Crippen LogP contribution in [-0.2, 0) is 9.59 Å². The number of carbonyl (C=O) groups is 2. The van der Waals surface area contributed by atoms with Crippen LogP contribution in [0.3, 0.4) is 0 Å². The predicted molar refractivity (Wildman–Crippen MR) is 56.9 cm³/mol. The van der Waals surface area contributed by atoms with Gasteiger partial charge in [0.1, 0.15) is 12.0 Å². The lowest BCUT2D eigenvalue weighted by Crippen LogP contribution is -2.12. The molecule has 80 valence electrons. The Balaban J connectivity index is 2.55. The minimum absolute atomic E-state index is 0.0794. The van der Waals surface area contributed by atoms with Crippen molar-refractivity contribution in [3.05, 3.63) is 29.3 Å². The molecule has 3 nitrogen and oxygen atoms in total. The fourth-order valence-corrected chi connectivity index (χ4v) is 1.19. The molecule has 0 aromatic heterocycles. The summed E-state index contributed by atoms with van der Waals surface area (Å²) in [6.45, 7) is 1.66. The molecule has 0 radical (unpaired) electrons. The van der Waals surface area contributed by atoms with E-state index in [4.69, 9.17) is 16.3 Å². The summed E-state index contributed by atoms with van der Waals surface area (Å²) in [6, 6.07) is 6.56. The average Bonchev–Trinajstić information content (AvgIpc) is 2.17. The first kappa shape index (κ1) is 11.7. The standard InChI is InChI=1S/C11H11ClO3/c1-8(7-13)5-11(14)15-10-4-2-3-9(12)6-10/h2-4,6-8H,5H2,1H3. The quantitative estimate of drug-likeness (QED) is 0.450. The Labute approximate surface area is 93.0 Å². The summed E-state index contributed by atoms with van der Waals surface area (Å²) in [6.07, 6.45) is 0.801. The molecule has 0 fully saturated rings. The molecule has 1 rings (SSSR count). The van der Waals surface area contributed by atoms with Crippen molar-refractivity contribution in [2.45, 2.75) is 13.3 Å². The summed E-state index contributed by atoms with van der Waals surface area (Å²) in [7, 11) is 0. The minimum Gasteiger partial charge on any atom is -0.426 e. The van der Waals surface area contributed by atoms with E-state index in [0.717, 1.165) is 6.29 Å². The smallest absolute Gasteiger partial charge is 0.311 e. The number of rotatable bonds is 4. The molecule has 0 bridgehead atoms. The van der Waals surface area contributed by atoms with Gasteiger partial charge in [0.25, 0.3) is 0 Å². The summed E-state index contributed by atoms with van der Waals surface area (Å²) in [4.78, 5) is 21.6. The van der Waals surface area contributed by atoms with Gasteiger partial charge >= 0.3 is 5.97 Å². The first-order valence-electron chi connectivity index (χ1n) is 4.53. The van der Waals surface area contributed by atoms with Gasteiger partial charge in [-0.1, -0.05) is 24.6 Å². The van der Waals surface area contributed by atoms with Crippen LogP contribution < -0.4 is 4.74 Å². The summed E-state index contributed by atoms with van der Waals surface area (Å²) in [5.74, 6) is -0.362. The molecule has 0 aliphatic carbocycles. The molecule has 0 spiro atoms. The number of esters is 1. The fraction of sp³-hybridized carbons (Fsp3) is 0.273. The Morgan fingerprint density at radius 2 is 2.33 bits per heavy atom. The van der Waals surface area contributed by atoms with Gasteiger partial charge in [0.2, 0.25) is 0 Å². The summed E-state index contributed by atoms with van der Waals surface area (Å²) < 4.78 is 4.99. The Kier molecular flexibility index (Phi) is 4.31. The van der Waals surface area contributed by atoms with E-state index in [1.54, 1.807) is 31.2 Å². The number of hydrogen-bond donors (Lipinski definition) is 0. The van der Waals surface area contributed by atoms with Crippen molar-refractivity contribution < 1.29 is 14.3 Å². The number of ether oxygens (including phenoxy) is 1. The van der Waals surface area contributed by atoms with E-state index in [2.05, 4.69) is 0 Å². The van der Waals surface area contributed by atoms with E-state index < -0.39 is 5.97 Å². The predicted octanol–water partition coefficient (Wildman–Crippen LogP) is 2.47. The highest BCUT2D eigenvalue weighted by Gasteiger charge is 2.10. The summed E-state index contributed by atoms with van der Waals surface area (Å²) in [5, 5.41) is 0.503. The van der Waals surface area contributed by atoms with E-state index in [-0.39, 0.29) is 12.3 Å². The molecule has 0 saturated carbocycles. The molecule has 0 aliphatic rings. The van der Waals surface area contributed by atoms with Crippen LogP contribution >= 0.6 is 11.6 Å². The van der Waals surface area contributed by atoms with Crippen LogP contribution in [0.15, 0.2) is 24.3 Å². The van der Waals surface area contributed by atoms with Crippen LogP contribution in [0.2, 0.25) is 5.02 Å². The third-order valence-corrected chi connectivity index (χ3v) is 1.98. The van der Waals surface area contributed by atoms with Crippen molar-refractivity contribution in [2.24, 2.45) is 5.92 Å². The number of hydrogen-bond acceptors (Lipinski definition) is 3. The number of aldehydes is 1. The molecule has 1 atom stereocenters. The molecule has 1 aromatic rings.